The Kier molecular flexibility index (Phi) is 4.67. The van der Waals surface area contributed by atoms with E-state index in [4.69, 9.17) is 27.9 Å². The second-order valence-electron chi connectivity index (χ2n) is 4.28. The average Bonchev–Trinajstić information content (AvgIpc) is 2.39. The van der Waals surface area contributed by atoms with Gasteiger partial charge in [-0.2, -0.15) is 0 Å². The third-order valence-electron chi connectivity index (χ3n) is 2.74. The highest BCUT2D eigenvalue weighted by Crippen LogP contribution is 2.23. The van der Waals surface area contributed by atoms with Gasteiger partial charge in [-0.1, -0.05) is 29.8 Å². The molecule has 0 amide bonds. The molecule has 2 aromatic rings. The third kappa shape index (κ3) is 3.62. The standard InChI is InChI=1S/C15H13Cl2FO/c1-10-2-4-12(13(17)6-10)9-19-15-5-3-11(8-16)7-14(15)18/h2-7H,8-9H2,1H3. The van der Waals surface area contributed by atoms with Gasteiger partial charge in [-0.15, -0.1) is 11.6 Å². The Morgan fingerprint density at radius 3 is 2.58 bits per heavy atom. The lowest BCUT2D eigenvalue weighted by Crippen LogP contribution is -1.99. The van der Waals surface area contributed by atoms with Crippen LogP contribution in [0.1, 0.15) is 16.7 Å². The van der Waals surface area contributed by atoms with E-state index in [1.165, 1.54) is 6.07 Å². The molecule has 0 saturated carbocycles. The van der Waals surface area contributed by atoms with E-state index in [9.17, 15) is 4.39 Å². The van der Waals surface area contributed by atoms with Crippen LogP contribution in [0.25, 0.3) is 0 Å². The van der Waals surface area contributed by atoms with Crippen molar-refractivity contribution in [3.63, 3.8) is 0 Å². The number of ether oxygens (including phenoxy) is 1. The largest absolute Gasteiger partial charge is 0.486 e. The van der Waals surface area contributed by atoms with Crippen LogP contribution in [0, 0.1) is 12.7 Å². The van der Waals surface area contributed by atoms with Crippen LogP contribution in [0.4, 0.5) is 4.39 Å². The van der Waals surface area contributed by atoms with Gasteiger partial charge in [0.2, 0.25) is 0 Å². The summed E-state index contributed by atoms with van der Waals surface area (Å²) < 4.78 is 19.1. The van der Waals surface area contributed by atoms with E-state index in [1.54, 1.807) is 12.1 Å². The molecule has 0 fully saturated rings. The van der Waals surface area contributed by atoms with E-state index in [0.29, 0.717) is 5.02 Å². The molecule has 0 N–H and O–H groups in total. The number of hydrogen-bond acceptors (Lipinski definition) is 1. The molecule has 0 aromatic heterocycles. The highest BCUT2D eigenvalue weighted by molar-refractivity contribution is 6.31. The van der Waals surface area contributed by atoms with Gasteiger partial charge in [0, 0.05) is 16.5 Å². The number of benzene rings is 2. The lowest BCUT2D eigenvalue weighted by molar-refractivity contribution is 0.290. The topological polar surface area (TPSA) is 9.23 Å². The maximum absolute atomic E-state index is 13.7. The second-order valence-corrected chi connectivity index (χ2v) is 4.96. The van der Waals surface area contributed by atoms with Crippen LogP contribution in [-0.4, -0.2) is 0 Å². The second kappa shape index (κ2) is 6.27. The van der Waals surface area contributed by atoms with Gasteiger partial charge in [-0.25, -0.2) is 4.39 Å². The molecule has 100 valence electrons. The lowest BCUT2D eigenvalue weighted by Gasteiger charge is -2.09. The van der Waals surface area contributed by atoms with Crippen LogP contribution < -0.4 is 4.74 Å². The summed E-state index contributed by atoms with van der Waals surface area (Å²) in [6.45, 7) is 2.19. The molecule has 0 atom stereocenters. The lowest BCUT2D eigenvalue weighted by atomic mass is 10.1. The fourth-order valence-corrected chi connectivity index (χ4v) is 2.13. The van der Waals surface area contributed by atoms with Crippen molar-refractivity contribution in [2.45, 2.75) is 19.4 Å². The molecule has 0 aliphatic carbocycles. The zero-order valence-electron chi connectivity index (χ0n) is 10.4. The minimum atomic E-state index is -0.415. The SMILES string of the molecule is Cc1ccc(COc2ccc(CCl)cc2F)c(Cl)c1. The van der Waals surface area contributed by atoms with Gasteiger partial charge in [0.25, 0.3) is 0 Å². The van der Waals surface area contributed by atoms with Crippen LogP contribution in [0.3, 0.4) is 0 Å². The van der Waals surface area contributed by atoms with E-state index in [1.807, 2.05) is 25.1 Å². The van der Waals surface area contributed by atoms with Gasteiger partial charge in [-0.05, 0) is 36.2 Å². The van der Waals surface area contributed by atoms with Crippen molar-refractivity contribution in [2.75, 3.05) is 0 Å². The van der Waals surface area contributed by atoms with Crippen LogP contribution in [0.2, 0.25) is 5.02 Å². The van der Waals surface area contributed by atoms with Gasteiger partial charge in [-0.3, -0.25) is 0 Å². The van der Waals surface area contributed by atoms with Crippen molar-refractivity contribution in [2.24, 2.45) is 0 Å². The van der Waals surface area contributed by atoms with Crippen molar-refractivity contribution in [1.82, 2.24) is 0 Å². The molecular formula is C15H13Cl2FO. The zero-order chi connectivity index (χ0) is 13.8. The highest BCUT2D eigenvalue weighted by Gasteiger charge is 2.06. The number of alkyl halides is 1. The Balaban J connectivity index is 2.10. The zero-order valence-corrected chi connectivity index (χ0v) is 11.9. The Morgan fingerprint density at radius 2 is 1.95 bits per heavy atom. The van der Waals surface area contributed by atoms with Crippen LogP contribution in [0.5, 0.6) is 5.75 Å². The smallest absolute Gasteiger partial charge is 0.165 e. The summed E-state index contributed by atoms with van der Waals surface area (Å²) >= 11 is 11.7. The molecule has 0 spiro atoms. The fraction of sp³-hybridized carbons (Fsp3) is 0.200. The van der Waals surface area contributed by atoms with Crippen molar-refractivity contribution in [1.29, 1.82) is 0 Å². The molecule has 2 rings (SSSR count). The summed E-state index contributed by atoms with van der Waals surface area (Å²) in [5, 5.41) is 0.623. The van der Waals surface area contributed by atoms with Gasteiger partial charge in [0.1, 0.15) is 6.61 Å². The van der Waals surface area contributed by atoms with Gasteiger partial charge < -0.3 is 4.74 Å². The Bertz CT molecular complexity index is 584. The number of halogens is 3. The number of hydrogen-bond donors (Lipinski definition) is 0. The van der Waals surface area contributed by atoms with E-state index in [2.05, 4.69) is 0 Å². The van der Waals surface area contributed by atoms with Crippen LogP contribution in [-0.2, 0) is 12.5 Å². The molecule has 0 heterocycles. The minimum absolute atomic E-state index is 0.200. The predicted octanol–water partition coefficient (Wildman–Crippen LogP) is 5.11. The van der Waals surface area contributed by atoms with E-state index in [0.717, 1.165) is 16.7 Å². The summed E-state index contributed by atoms with van der Waals surface area (Å²) in [6.07, 6.45) is 0. The van der Waals surface area contributed by atoms with Crippen molar-refractivity contribution < 1.29 is 9.13 Å². The Morgan fingerprint density at radius 1 is 1.16 bits per heavy atom. The summed E-state index contributed by atoms with van der Waals surface area (Å²) in [5.41, 5.74) is 2.62. The predicted molar refractivity (Wildman–Crippen MR) is 76.5 cm³/mol. The first-order chi connectivity index (χ1) is 9.10. The molecule has 0 unspecified atom stereocenters. The van der Waals surface area contributed by atoms with Crippen molar-refractivity contribution >= 4 is 23.2 Å². The summed E-state index contributed by atoms with van der Waals surface area (Å²) in [7, 11) is 0. The average molecular weight is 299 g/mol. The molecule has 2 aromatic carbocycles. The number of aryl methyl sites for hydroxylation is 1. The molecule has 0 saturated heterocycles. The molecule has 0 bridgehead atoms. The van der Waals surface area contributed by atoms with E-state index in [-0.39, 0.29) is 18.2 Å². The van der Waals surface area contributed by atoms with E-state index >= 15 is 0 Å². The van der Waals surface area contributed by atoms with Crippen molar-refractivity contribution in [3.05, 3.63) is 63.9 Å². The first-order valence-electron chi connectivity index (χ1n) is 5.82. The van der Waals surface area contributed by atoms with E-state index < -0.39 is 5.82 Å². The molecular weight excluding hydrogens is 286 g/mol. The molecule has 1 nitrogen and oxygen atoms in total. The van der Waals surface area contributed by atoms with Gasteiger partial charge in [0.15, 0.2) is 11.6 Å². The monoisotopic (exact) mass is 298 g/mol. The quantitative estimate of drug-likeness (QED) is 0.713. The fourth-order valence-electron chi connectivity index (χ4n) is 1.67. The highest BCUT2D eigenvalue weighted by atomic mass is 35.5. The van der Waals surface area contributed by atoms with Crippen LogP contribution in [0.15, 0.2) is 36.4 Å². The van der Waals surface area contributed by atoms with Crippen LogP contribution >= 0.6 is 23.2 Å². The molecule has 0 aliphatic heterocycles. The maximum atomic E-state index is 13.7. The maximum Gasteiger partial charge on any atom is 0.165 e. The molecule has 0 radical (unpaired) electrons. The molecule has 4 heteroatoms. The Labute approximate surface area is 121 Å². The first kappa shape index (κ1) is 14.2. The van der Waals surface area contributed by atoms with Crippen molar-refractivity contribution in [3.8, 4) is 5.75 Å². The minimum Gasteiger partial charge on any atom is -0.486 e. The summed E-state index contributed by atoms with van der Waals surface area (Å²) in [4.78, 5) is 0. The van der Waals surface area contributed by atoms with Gasteiger partial charge >= 0.3 is 0 Å². The third-order valence-corrected chi connectivity index (χ3v) is 3.40. The van der Waals surface area contributed by atoms with Gasteiger partial charge in [0.05, 0.1) is 0 Å². The summed E-state index contributed by atoms with van der Waals surface area (Å²) in [5.74, 6) is 0.0629. The molecule has 0 aliphatic rings. The number of rotatable bonds is 4. The molecule has 19 heavy (non-hydrogen) atoms. The Hall–Kier alpha value is -1.25. The first-order valence-corrected chi connectivity index (χ1v) is 6.73. The summed E-state index contributed by atoms with van der Waals surface area (Å²) in [6, 6.07) is 10.4. The normalized spacial score (nSPS) is 10.5.